The maximum atomic E-state index is 5.80. The fourth-order valence-electron chi connectivity index (χ4n) is 2.22. The molecule has 18 heteroatoms. The van der Waals surface area contributed by atoms with Crippen LogP contribution >= 0.6 is 223 Å². The van der Waals surface area contributed by atoms with Crippen LogP contribution in [-0.2, 0) is 0 Å². The van der Waals surface area contributed by atoms with Crippen molar-refractivity contribution in [2.75, 3.05) is 0 Å². The molecule has 0 heterocycles. The van der Waals surface area contributed by atoms with E-state index in [9.17, 15) is 0 Å². The van der Waals surface area contributed by atoms with Gasteiger partial charge in [-0.3, -0.25) is 19.6 Å². The van der Waals surface area contributed by atoms with Crippen LogP contribution in [0, 0.1) is 0 Å². The lowest BCUT2D eigenvalue weighted by Crippen LogP contribution is -2.09. The molecule has 0 aliphatic rings. The minimum absolute atomic E-state index is 0.174. The predicted octanol–water partition coefficient (Wildman–Crippen LogP) is 15.1. The van der Waals surface area contributed by atoms with Gasteiger partial charge in [-0.25, -0.2) is 0 Å². The number of rotatable bonds is 6. The van der Waals surface area contributed by atoms with Crippen LogP contribution in [0.2, 0.25) is 0 Å². The summed E-state index contributed by atoms with van der Waals surface area (Å²) in [6, 6.07) is 0. The van der Waals surface area contributed by atoms with Gasteiger partial charge in [0.2, 0.25) is 23.0 Å². The second-order valence-electron chi connectivity index (χ2n) is 6.05. The Labute approximate surface area is 322 Å². The first-order chi connectivity index (χ1) is 16.7. The van der Waals surface area contributed by atoms with Gasteiger partial charge in [-0.1, -0.05) is 0 Å². The van der Waals surface area contributed by atoms with Crippen LogP contribution in [0.4, 0.5) is 0 Å². The summed E-state index contributed by atoms with van der Waals surface area (Å²) in [5.74, 6) is 1.07. The van der Waals surface area contributed by atoms with Crippen molar-refractivity contribution in [2.45, 2.75) is 0 Å². The molecule has 3 aromatic carbocycles. The first-order valence-electron chi connectivity index (χ1n) is 8.30. The van der Waals surface area contributed by atoms with Gasteiger partial charge in [-0.15, -0.1) is 0 Å². The minimum Gasteiger partial charge on any atom is -0.287 e. The number of hydrogen-bond acceptors (Lipinski definition) is 4. The zero-order valence-electron chi connectivity index (χ0n) is 15.9. The molecule has 0 saturated carbocycles. The molecule has 0 aliphatic heterocycles. The van der Waals surface area contributed by atoms with Gasteiger partial charge in [0, 0.05) is 8.95 Å². The monoisotopic (exact) mass is 1380 g/mol. The lowest BCUT2D eigenvalue weighted by molar-refractivity contribution is -0.130. The summed E-state index contributed by atoms with van der Waals surface area (Å²) in [6.45, 7) is 0. The summed E-state index contributed by atoms with van der Waals surface area (Å²) < 4.78 is 9.13. The summed E-state index contributed by atoms with van der Waals surface area (Å²) in [5, 5.41) is 0. The predicted molar refractivity (Wildman–Crippen MR) is 190 cm³/mol. The molecular formula is C18Br14O4. The van der Waals surface area contributed by atoms with Crippen LogP contribution < -0.4 is 19.6 Å². The van der Waals surface area contributed by atoms with Gasteiger partial charge >= 0.3 is 0 Å². The van der Waals surface area contributed by atoms with Gasteiger partial charge in [0.05, 0.1) is 53.7 Å². The van der Waals surface area contributed by atoms with Gasteiger partial charge in [0.25, 0.3) is 0 Å². The Morgan fingerprint density at radius 3 is 0.556 bits per heavy atom. The highest BCUT2D eigenvalue weighted by Crippen LogP contribution is 2.54. The molecule has 36 heavy (non-hydrogen) atoms. The fourth-order valence-corrected chi connectivity index (χ4v) is 10.7. The molecule has 0 fully saturated rings. The highest BCUT2D eigenvalue weighted by atomic mass is 79.9. The zero-order chi connectivity index (χ0) is 27.2. The van der Waals surface area contributed by atoms with E-state index < -0.39 is 0 Å². The standard InChI is InChI=1S/C18Br14O4/c19-1-3(21)9(27)15(10(28)4(1)22)33-35-17-13(31)7(25)8(26)14(32)18(17)36-34-16-11(29)5(23)2(20)6(24)12(16)30. The quantitative estimate of drug-likeness (QED) is 0.107. The van der Waals surface area contributed by atoms with Crippen molar-refractivity contribution in [1.82, 2.24) is 0 Å². The second-order valence-corrected chi connectivity index (χ2v) is 17.1. The molecule has 194 valence electrons. The molecule has 0 aliphatic carbocycles. The summed E-state index contributed by atoms with van der Waals surface area (Å²) in [5.41, 5.74) is 0. The van der Waals surface area contributed by atoms with E-state index in [-0.39, 0.29) is 11.5 Å². The summed E-state index contributed by atoms with van der Waals surface area (Å²) in [4.78, 5) is 23.1. The third-order valence-electron chi connectivity index (χ3n) is 3.94. The van der Waals surface area contributed by atoms with Crippen molar-refractivity contribution in [2.24, 2.45) is 0 Å². The molecule has 3 rings (SSSR count). The van der Waals surface area contributed by atoms with Crippen LogP contribution in [0.15, 0.2) is 62.6 Å². The third kappa shape index (κ3) is 6.87. The molecule has 0 aromatic heterocycles. The average molecular weight is 1400 g/mol. The van der Waals surface area contributed by atoms with Crippen LogP contribution in [0.25, 0.3) is 0 Å². The van der Waals surface area contributed by atoms with E-state index in [0.717, 1.165) is 8.95 Å². The summed E-state index contributed by atoms with van der Waals surface area (Å²) in [7, 11) is 0. The van der Waals surface area contributed by atoms with Gasteiger partial charge in [-0.05, 0) is 223 Å². The Kier molecular flexibility index (Phi) is 13.6. The summed E-state index contributed by atoms with van der Waals surface area (Å²) >= 11 is 49.2. The minimum atomic E-state index is 0.174. The highest BCUT2D eigenvalue weighted by molar-refractivity contribution is 9.17. The van der Waals surface area contributed by atoms with Gasteiger partial charge in [0.15, 0.2) is 0 Å². The lowest BCUT2D eigenvalue weighted by Gasteiger charge is -2.19. The normalized spacial score (nSPS) is 11.1. The number of benzene rings is 3. The first kappa shape index (κ1) is 34.1. The lowest BCUT2D eigenvalue weighted by atomic mass is 10.3. The molecule has 0 bridgehead atoms. The smallest absolute Gasteiger partial charge is 0.242 e. The Bertz CT molecular complexity index is 1230. The Balaban J connectivity index is 2.06. The van der Waals surface area contributed by atoms with Crippen molar-refractivity contribution in [3.63, 3.8) is 0 Å². The topological polar surface area (TPSA) is 36.9 Å². The molecule has 0 amide bonds. The third-order valence-corrected chi connectivity index (χ3v) is 20.7. The molecule has 0 atom stereocenters. The second kappa shape index (κ2) is 14.4. The van der Waals surface area contributed by atoms with E-state index >= 15 is 0 Å². The first-order valence-corrected chi connectivity index (χ1v) is 19.4. The highest BCUT2D eigenvalue weighted by Gasteiger charge is 2.28. The van der Waals surface area contributed by atoms with E-state index in [1.807, 2.05) is 0 Å². The van der Waals surface area contributed by atoms with E-state index in [0.29, 0.717) is 65.2 Å². The fraction of sp³-hybridized carbons (Fsp3) is 0. The van der Waals surface area contributed by atoms with E-state index in [4.69, 9.17) is 19.6 Å². The SMILES string of the molecule is Brc1c(Br)c(Br)c(OOc2c(Br)c(Br)c(Br)c(Br)c2OOc2c(Br)c(Br)c(Br)c(Br)c2Br)c(Br)c1Br. The van der Waals surface area contributed by atoms with Crippen molar-refractivity contribution >= 4 is 223 Å². The molecular weight excluding hydrogens is 1400 g/mol. The molecule has 4 nitrogen and oxygen atoms in total. The van der Waals surface area contributed by atoms with Crippen molar-refractivity contribution in [3.05, 3.63) is 62.6 Å². The van der Waals surface area contributed by atoms with Crippen LogP contribution in [0.5, 0.6) is 23.0 Å². The van der Waals surface area contributed by atoms with Crippen molar-refractivity contribution in [3.8, 4) is 23.0 Å². The Morgan fingerprint density at radius 1 is 0.194 bits per heavy atom. The molecule has 0 saturated heterocycles. The maximum absolute atomic E-state index is 5.80. The zero-order valence-corrected chi connectivity index (χ0v) is 38.1. The molecule has 0 spiro atoms. The van der Waals surface area contributed by atoms with E-state index in [2.05, 4.69) is 223 Å². The average Bonchev–Trinajstić information content (AvgIpc) is 2.86. The van der Waals surface area contributed by atoms with Gasteiger partial charge in [-0.2, -0.15) is 0 Å². The summed E-state index contributed by atoms with van der Waals surface area (Å²) in [6.07, 6.45) is 0. The molecule has 0 unspecified atom stereocenters. The van der Waals surface area contributed by atoms with Crippen LogP contribution in [-0.4, -0.2) is 0 Å². The van der Waals surface area contributed by atoms with E-state index in [1.165, 1.54) is 0 Å². The van der Waals surface area contributed by atoms with Crippen LogP contribution in [0.3, 0.4) is 0 Å². The van der Waals surface area contributed by atoms with Crippen molar-refractivity contribution in [1.29, 1.82) is 0 Å². The van der Waals surface area contributed by atoms with E-state index in [1.54, 1.807) is 0 Å². The van der Waals surface area contributed by atoms with Crippen molar-refractivity contribution < 1.29 is 19.6 Å². The number of halogens is 14. The largest absolute Gasteiger partial charge is 0.287 e. The molecule has 3 aromatic rings. The molecule has 0 N–H and O–H groups in total. The Morgan fingerprint density at radius 2 is 0.333 bits per heavy atom. The number of hydrogen-bond donors (Lipinski definition) is 0. The van der Waals surface area contributed by atoms with Crippen LogP contribution in [0.1, 0.15) is 0 Å². The Hall–Kier alpha value is 3.58. The molecule has 0 radical (unpaired) electrons. The maximum Gasteiger partial charge on any atom is 0.242 e. The van der Waals surface area contributed by atoms with Gasteiger partial charge in [0.1, 0.15) is 0 Å². The van der Waals surface area contributed by atoms with Gasteiger partial charge < -0.3 is 0 Å².